The van der Waals surface area contributed by atoms with Crippen molar-refractivity contribution in [2.75, 3.05) is 0 Å². The number of carbonyl (C=O) groups is 1. The molecule has 0 unspecified atom stereocenters. The second kappa shape index (κ2) is 5.63. The predicted molar refractivity (Wildman–Crippen MR) is 76.2 cm³/mol. The summed E-state index contributed by atoms with van der Waals surface area (Å²) in [6.07, 6.45) is 3.74. The molecule has 1 heterocycles. The molecule has 0 amide bonds. The first-order valence-electron chi connectivity index (χ1n) is 5.45. The van der Waals surface area contributed by atoms with Crippen molar-refractivity contribution >= 4 is 33.3 Å². The van der Waals surface area contributed by atoms with Gasteiger partial charge in [-0.1, -0.05) is 11.6 Å². The molecule has 0 N–H and O–H groups in total. The van der Waals surface area contributed by atoms with Crippen LogP contribution in [-0.2, 0) is 6.42 Å². The van der Waals surface area contributed by atoms with E-state index in [1.165, 1.54) is 0 Å². The van der Waals surface area contributed by atoms with Gasteiger partial charge in [-0.25, -0.2) is 0 Å². The van der Waals surface area contributed by atoms with E-state index in [9.17, 15) is 4.79 Å². The van der Waals surface area contributed by atoms with E-state index in [2.05, 4.69) is 20.9 Å². The number of hydrogen-bond acceptors (Lipinski definition) is 2. The van der Waals surface area contributed by atoms with Crippen LogP contribution in [0.2, 0.25) is 5.02 Å². The molecule has 2 nitrogen and oxygen atoms in total. The third-order valence-electron chi connectivity index (χ3n) is 2.62. The molecule has 92 valence electrons. The van der Waals surface area contributed by atoms with Gasteiger partial charge in [-0.15, -0.1) is 0 Å². The van der Waals surface area contributed by atoms with Crippen molar-refractivity contribution < 1.29 is 4.79 Å². The molecule has 1 aromatic carbocycles. The van der Waals surface area contributed by atoms with Gasteiger partial charge in [0.05, 0.1) is 0 Å². The number of pyridine rings is 1. The Morgan fingerprint density at radius 2 is 2.11 bits per heavy atom. The highest BCUT2D eigenvalue weighted by Crippen LogP contribution is 2.18. The zero-order valence-corrected chi connectivity index (χ0v) is 12.1. The number of nitrogens with zero attached hydrogens (tertiary/aromatic N) is 1. The molecule has 0 radical (unpaired) electrons. The summed E-state index contributed by atoms with van der Waals surface area (Å²) in [5, 5.41) is 0.646. The minimum absolute atomic E-state index is 0.0732. The number of aromatic nitrogens is 1. The molecule has 4 heteroatoms. The van der Waals surface area contributed by atoms with E-state index in [4.69, 9.17) is 11.6 Å². The number of ketones is 1. The fourth-order valence-electron chi connectivity index (χ4n) is 1.77. The number of hydrogen-bond donors (Lipinski definition) is 0. The van der Waals surface area contributed by atoms with Crippen molar-refractivity contribution in [1.29, 1.82) is 0 Å². The standard InChI is InChI=1S/C14H11BrClNO/c1-9-4-12(16)2-3-13(9)14(18)6-10-5-11(15)8-17-7-10/h2-5,7-8H,6H2,1H3. The second-order valence-electron chi connectivity index (χ2n) is 4.07. The van der Waals surface area contributed by atoms with Gasteiger partial charge in [0.2, 0.25) is 0 Å². The van der Waals surface area contributed by atoms with Crippen molar-refractivity contribution in [3.8, 4) is 0 Å². The van der Waals surface area contributed by atoms with E-state index in [-0.39, 0.29) is 5.78 Å². The lowest BCUT2D eigenvalue weighted by Crippen LogP contribution is -2.05. The first-order valence-corrected chi connectivity index (χ1v) is 6.62. The maximum Gasteiger partial charge on any atom is 0.167 e. The number of aryl methyl sites for hydroxylation is 1. The fraction of sp³-hybridized carbons (Fsp3) is 0.143. The van der Waals surface area contributed by atoms with Crippen LogP contribution < -0.4 is 0 Å². The highest BCUT2D eigenvalue weighted by Gasteiger charge is 2.10. The van der Waals surface area contributed by atoms with Gasteiger partial charge in [-0.3, -0.25) is 9.78 Å². The van der Waals surface area contributed by atoms with E-state index >= 15 is 0 Å². The molecule has 0 aliphatic carbocycles. The summed E-state index contributed by atoms with van der Waals surface area (Å²) in [6, 6.07) is 7.20. The maximum absolute atomic E-state index is 12.2. The van der Waals surface area contributed by atoms with E-state index in [0.717, 1.165) is 15.6 Å². The fourth-order valence-corrected chi connectivity index (χ4v) is 2.41. The number of carbonyl (C=O) groups excluding carboxylic acids is 1. The van der Waals surface area contributed by atoms with Crippen LogP contribution in [0.4, 0.5) is 0 Å². The molecule has 2 rings (SSSR count). The Morgan fingerprint density at radius 1 is 1.33 bits per heavy atom. The van der Waals surface area contributed by atoms with Crippen molar-refractivity contribution in [3.05, 3.63) is 62.8 Å². The molecule has 0 fully saturated rings. The van der Waals surface area contributed by atoms with Gasteiger partial charge in [0, 0.05) is 33.9 Å². The molecule has 0 saturated carbocycles. The van der Waals surface area contributed by atoms with Gasteiger partial charge in [-0.05, 0) is 58.2 Å². The zero-order chi connectivity index (χ0) is 13.1. The summed E-state index contributed by atoms with van der Waals surface area (Å²) < 4.78 is 0.876. The molecule has 0 aliphatic heterocycles. The first kappa shape index (κ1) is 13.2. The third kappa shape index (κ3) is 3.18. The normalized spacial score (nSPS) is 10.4. The Morgan fingerprint density at radius 3 is 2.78 bits per heavy atom. The SMILES string of the molecule is Cc1cc(Cl)ccc1C(=O)Cc1cncc(Br)c1. The molecule has 0 atom stereocenters. The van der Waals surface area contributed by atoms with Crippen LogP contribution in [0.15, 0.2) is 41.1 Å². The molecule has 0 spiro atoms. The Hall–Kier alpha value is -1.19. The van der Waals surface area contributed by atoms with E-state index in [0.29, 0.717) is 17.0 Å². The molecule has 18 heavy (non-hydrogen) atoms. The van der Waals surface area contributed by atoms with E-state index < -0.39 is 0 Å². The molecule has 1 aromatic heterocycles. The second-order valence-corrected chi connectivity index (χ2v) is 5.42. The highest BCUT2D eigenvalue weighted by molar-refractivity contribution is 9.10. The minimum atomic E-state index is 0.0732. The average Bonchev–Trinajstić information content (AvgIpc) is 2.28. The van der Waals surface area contributed by atoms with Crippen LogP contribution in [0.3, 0.4) is 0 Å². The van der Waals surface area contributed by atoms with Gasteiger partial charge in [0.15, 0.2) is 5.78 Å². The molecule has 0 saturated heterocycles. The smallest absolute Gasteiger partial charge is 0.167 e. The van der Waals surface area contributed by atoms with Crippen molar-refractivity contribution in [2.45, 2.75) is 13.3 Å². The Balaban J connectivity index is 2.22. The van der Waals surface area contributed by atoms with Crippen LogP contribution in [0.5, 0.6) is 0 Å². The molecule has 2 aromatic rings. The number of Topliss-reactive ketones (excluding diaryl/α,β-unsaturated/α-hetero) is 1. The largest absolute Gasteiger partial charge is 0.294 e. The van der Waals surface area contributed by atoms with Crippen molar-refractivity contribution in [3.63, 3.8) is 0 Å². The van der Waals surface area contributed by atoms with Crippen LogP contribution >= 0.6 is 27.5 Å². The first-order chi connectivity index (χ1) is 8.56. The van der Waals surface area contributed by atoms with Gasteiger partial charge in [0.1, 0.15) is 0 Å². The monoisotopic (exact) mass is 323 g/mol. The van der Waals surface area contributed by atoms with Gasteiger partial charge >= 0.3 is 0 Å². The Labute approximate surface area is 119 Å². The summed E-state index contributed by atoms with van der Waals surface area (Å²) in [7, 11) is 0. The highest BCUT2D eigenvalue weighted by atomic mass is 79.9. The van der Waals surface area contributed by atoms with Gasteiger partial charge in [0.25, 0.3) is 0 Å². The van der Waals surface area contributed by atoms with E-state index in [1.807, 2.05) is 13.0 Å². The number of benzene rings is 1. The van der Waals surface area contributed by atoms with Crippen LogP contribution in [0, 0.1) is 6.92 Å². The molecule has 0 aliphatic rings. The average molecular weight is 325 g/mol. The summed E-state index contributed by atoms with van der Waals surface area (Å²) in [6.45, 7) is 1.89. The topological polar surface area (TPSA) is 30.0 Å². The van der Waals surface area contributed by atoms with E-state index in [1.54, 1.807) is 30.6 Å². The minimum Gasteiger partial charge on any atom is -0.294 e. The number of halogens is 2. The lowest BCUT2D eigenvalue weighted by Gasteiger charge is -2.05. The van der Waals surface area contributed by atoms with Crippen LogP contribution in [0.1, 0.15) is 21.5 Å². The summed E-state index contributed by atoms with van der Waals surface area (Å²) in [5.74, 6) is 0.0732. The van der Waals surface area contributed by atoms with Gasteiger partial charge < -0.3 is 0 Å². The summed E-state index contributed by atoms with van der Waals surface area (Å²) in [4.78, 5) is 16.2. The quantitative estimate of drug-likeness (QED) is 0.791. The molecular formula is C14H11BrClNO. The molecular weight excluding hydrogens is 314 g/mol. The van der Waals surface area contributed by atoms with Crippen LogP contribution in [-0.4, -0.2) is 10.8 Å². The Kier molecular flexibility index (Phi) is 4.15. The summed E-state index contributed by atoms with van der Waals surface area (Å²) in [5.41, 5.74) is 2.50. The van der Waals surface area contributed by atoms with Crippen LogP contribution in [0.25, 0.3) is 0 Å². The number of rotatable bonds is 3. The Bertz CT molecular complexity index is 598. The zero-order valence-electron chi connectivity index (χ0n) is 9.78. The molecule has 0 bridgehead atoms. The maximum atomic E-state index is 12.2. The lowest BCUT2D eigenvalue weighted by molar-refractivity contribution is 0.0992. The van der Waals surface area contributed by atoms with Gasteiger partial charge in [-0.2, -0.15) is 0 Å². The third-order valence-corrected chi connectivity index (χ3v) is 3.28. The summed E-state index contributed by atoms with van der Waals surface area (Å²) >= 11 is 9.22. The predicted octanol–water partition coefficient (Wildman–Crippen LogP) is 4.23. The van der Waals surface area contributed by atoms with Crippen molar-refractivity contribution in [2.24, 2.45) is 0 Å². The van der Waals surface area contributed by atoms with Crippen molar-refractivity contribution in [1.82, 2.24) is 4.98 Å². The lowest BCUT2D eigenvalue weighted by atomic mass is 10.0.